The number of hydrogen-bond acceptors (Lipinski definition) is 4. The van der Waals surface area contributed by atoms with Crippen molar-refractivity contribution >= 4 is 22.1 Å². The third kappa shape index (κ3) is 4.31. The van der Waals surface area contributed by atoms with Gasteiger partial charge in [-0.1, -0.05) is 18.2 Å². The van der Waals surface area contributed by atoms with Crippen molar-refractivity contribution in [1.29, 1.82) is 0 Å². The van der Waals surface area contributed by atoms with Crippen LogP contribution in [0.5, 0.6) is 5.75 Å². The molecule has 27 heavy (non-hydrogen) atoms. The van der Waals surface area contributed by atoms with E-state index in [9.17, 15) is 17.6 Å². The van der Waals surface area contributed by atoms with E-state index in [0.717, 1.165) is 6.42 Å². The van der Waals surface area contributed by atoms with E-state index >= 15 is 0 Å². The minimum Gasteiger partial charge on any atom is -0.406 e. The van der Waals surface area contributed by atoms with Crippen LogP contribution in [0.3, 0.4) is 0 Å². The molecule has 1 aliphatic heterocycles. The first-order chi connectivity index (χ1) is 12.7. The summed E-state index contributed by atoms with van der Waals surface area (Å²) in [5.41, 5.74) is 6.56. The Morgan fingerprint density at radius 1 is 1.11 bits per heavy atom. The van der Waals surface area contributed by atoms with Crippen LogP contribution in [-0.4, -0.2) is 25.3 Å². The molecule has 4 nitrogen and oxygen atoms in total. The van der Waals surface area contributed by atoms with Crippen LogP contribution >= 0.6 is 15.9 Å². The molecule has 9 heteroatoms. The summed E-state index contributed by atoms with van der Waals surface area (Å²) in [7, 11) is 0. The highest BCUT2D eigenvalue weighted by atomic mass is 79.9. The molecule has 3 rings (SSSR count). The van der Waals surface area contributed by atoms with Crippen molar-refractivity contribution in [1.82, 2.24) is 5.32 Å². The van der Waals surface area contributed by atoms with E-state index in [1.165, 1.54) is 36.4 Å². The SMILES string of the molecule is NC(c1ccc(OC(F)(F)F)cc1)(c1ccc(F)c(Br)c1)C1N=CCCN1. The zero-order valence-electron chi connectivity index (χ0n) is 13.9. The van der Waals surface area contributed by atoms with Gasteiger partial charge in [0, 0.05) is 12.8 Å². The molecule has 0 bridgehead atoms. The molecule has 0 fully saturated rings. The Morgan fingerprint density at radius 2 is 1.78 bits per heavy atom. The van der Waals surface area contributed by atoms with E-state index in [0.29, 0.717) is 17.7 Å². The molecular formula is C18H16BrF4N3O. The standard InChI is InChI=1S/C18H16BrF4N3O/c19-14-10-12(4-7-15(14)20)17(24,16-25-8-1-9-26-16)11-2-5-13(6-3-11)27-18(21,22)23/h2-8,10,16,26H,1,9,24H2. The molecule has 0 saturated carbocycles. The number of benzene rings is 2. The van der Waals surface area contributed by atoms with Crippen LogP contribution in [0.15, 0.2) is 51.9 Å². The number of nitrogens with one attached hydrogen (secondary N) is 1. The lowest BCUT2D eigenvalue weighted by atomic mass is 9.80. The first-order valence-corrected chi connectivity index (χ1v) is 8.85. The fourth-order valence-electron chi connectivity index (χ4n) is 2.96. The summed E-state index contributed by atoms with van der Waals surface area (Å²) in [5.74, 6) is -0.802. The Morgan fingerprint density at radius 3 is 2.33 bits per heavy atom. The van der Waals surface area contributed by atoms with Crippen LogP contribution in [0.25, 0.3) is 0 Å². The predicted octanol–water partition coefficient (Wildman–Crippen LogP) is 4.08. The second-order valence-electron chi connectivity index (χ2n) is 6.05. The summed E-state index contributed by atoms with van der Waals surface area (Å²) in [6, 6.07) is 9.63. The third-order valence-electron chi connectivity index (χ3n) is 4.26. The number of hydrogen-bond donors (Lipinski definition) is 2. The average Bonchev–Trinajstić information content (AvgIpc) is 2.63. The van der Waals surface area contributed by atoms with Gasteiger partial charge in [0.2, 0.25) is 0 Å². The number of rotatable bonds is 4. The number of aliphatic imine (C=N–C) groups is 1. The lowest BCUT2D eigenvalue weighted by Crippen LogP contribution is -2.56. The smallest absolute Gasteiger partial charge is 0.406 e. The van der Waals surface area contributed by atoms with Crippen molar-refractivity contribution in [2.75, 3.05) is 6.54 Å². The van der Waals surface area contributed by atoms with Gasteiger partial charge >= 0.3 is 6.36 Å². The summed E-state index contributed by atoms with van der Waals surface area (Å²) in [4.78, 5) is 4.41. The summed E-state index contributed by atoms with van der Waals surface area (Å²) in [5, 5.41) is 3.20. The van der Waals surface area contributed by atoms with Gasteiger partial charge in [0.25, 0.3) is 0 Å². The second kappa shape index (κ2) is 7.57. The highest BCUT2D eigenvalue weighted by Gasteiger charge is 2.39. The van der Waals surface area contributed by atoms with Gasteiger partial charge in [-0.25, -0.2) is 4.39 Å². The molecule has 0 aromatic heterocycles. The number of nitrogens with two attached hydrogens (primary N) is 1. The van der Waals surface area contributed by atoms with Crippen LogP contribution in [-0.2, 0) is 5.54 Å². The Bertz CT molecular complexity index is 841. The molecule has 2 aromatic rings. The van der Waals surface area contributed by atoms with E-state index in [4.69, 9.17) is 5.73 Å². The Balaban J connectivity index is 2.05. The quantitative estimate of drug-likeness (QED) is 0.697. The van der Waals surface area contributed by atoms with Gasteiger partial charge < -0.3 is 10.5 Å². The Kier molecular flexibility index (Phi) is 5.55. The maximum absolute atomic E-state index is 13.7. The van der Waals surface area contributed by atoms with Crippen LogP contribution in [0.1, 0.15) is 17.5 Å². The number of halogens is 5. The van der Waals surface area contributed by atoms with Crippen LogP contribution < -0.4 is 15.8 Å². The number of alkyl halides is 3. The molecule has 0 amide bonds. The van der Waals surface area contributed by atoms with Crippen molar-refractivity contribution in [3.63, 3.8) is 0 Å². The second-order valence-corrected chi connectivity index (χ2v) is 6.90. The van der Waals surface area contributed by atoms with Gasteiger partial charge in [0.05, 0.1) is 4.47 Å². The first-order valence-electron chi connectivity index (χ1n) is 8.06. The van der Waals surface area contributed by atoms with Gasteiger partial charge in [-0.3, -0.25) is 10.3 Å². The van der Waals surface area contributed by atoms with Crippen molar-refractivity contribution < 1.29 is 22.3 Å². The molecule has 0 aliphatic carbocycles. The topological polar surface area (TPSA) is 59.6 Å². The molecular weight excluding hydrogens is 430 g/mol. The van der Waals surface area contributed by atoms with Gasteiger partial charge in [-0.2, -0.15) is 0 Å². The van der Waals surface area contributed by atoms with E-state index < -0.39 is 23.9 Å². The maximum atomic E-state index is 13.7. The lowest BCUT2D eigenvalue weighted by Gasteiger charge is -2.38. The molecule has 2 unspecified atom stereocenters. The highest BCUT2D eigenvalue weighted by molar-refractivity contribution is 9.10. The summed E-state index contributed by atoms with van der Waals surface area (Å²) in [6.45, 7) is 0.644. The summed E-state index contributed by atoms with van der Waals surface area (Å²) < 4.78 is 55.0. The maximum Gasteiger partial charge on any atom is 0.573 e. The molecule has 2 aromatic carbocycles. The van der Waals surface area contributed by atoms with E-state index in [1.807, 2.05) is 0 Å². The fourth-order valence-corrected chi connectivity index (χ4v) is 3.34. The van der Waals surface area contributed by atoms with Crippen LogP contribution in [0, 0.1) is 5.82 Å². The molecule has 1 heterocycles. The molecule has 0 spiro atoms. The monoisotopic (exact) mass is 445 g/mol. The van der Waals surface area contributed by atoms with Crippen molar-refractivity contribution in [2.24, 2.45) is 10.7 Å². The molecule has 3 N–H and O–H groups in total. The van der Waals surface area contributed by atoms with Gasteiger partial charge in [-0.15, -0.1) is 13.2 Å². The first kappa shape index (κ1) is 19.8. The van der Waals surface area contributed by atoms with Crippen molar-refractivity contribution in [2.45, 2.75) is 24.5 Å². The van der Waals surface area contributed by atoms with Crippen molar-refractivity contribution in [3.05, 3.63) is 63.9 Å². The van der Waals surface area contributed by atoms with Gasteiger partial charge in [0.1, 0.15) is 23.3 Å². The number of nitrogens with zero attached hydrogens (tertiary/aromatic N) is 1. The zero-order chi connectivity index (χ0) is 19.7. The molecule has 144 valence electrons. The Labute approximate surface area is 161 Å². The van der Waals surface area contributed by atoms with E-state index in [1.54, 1.807) is 12.3 Å². The van der Waals surface area contributed by atoms with Crippen molar-refractivity contribution in [3.8, 4) is 5.75 Å². The molecule has 0 saturated heterocycles. The average molecular weight is 446 g/mol. The van der Waals surface area contributed by atoms with E-state index in [-0.39, 0.29) is 10.2 Å². The summed E-state index contributed by atoms with van der Waals surface area (Å²) >= 11 is 3.15. The minimum atomic E-state index is -4.78. The largest absolute Gasteiger partial charge is 0.573 e. The molecule has 0 radical (unpaired) electrons. The fraction of sp³-hybridized carbons (Fsp3) is 0.278. The number of ether oxygens (including phenoxy) is 1. The van der Waals surface area contributed by atoms with Crippen LogP contribution in [0.2, 0.25) is 0 Å². The van der Waals surface area contributed by atoms with E-state index in [2.05, 4.69) is 31.0 Å². The Hall–Kier alpha value is -1.97. The molecule has 1 aliphatic rings. The normalized spacial score (nSPS) is 19.6. The highest BCUT2D eigenvalue weighted by Crippen LogP contribution is 2.35. The summed E-state index contributed by atoms with van der Waals surface area (Å²) in [6.07, 6.45) is -2.88. The van der Waals surface area contributed by atoms with Gasteiger partial charge in [-0.05, 0) is 57.7 Å². The lowest BCUT2D eigenvalue weighted by molar-refractivity contribution is -0.274. The molecule has 2 atom stereocenters. The zero-order valence-corrected chi connectivity index (χ0v) is 15.5. The third-order valence-corrected chi connectivity index (χ3v) is 4.87. The predicted molar refractivity (Wildman–Crippen MR) is 97.1 cm³/mol. The minimum absolute atomic E-state index is 0.228. The van der Waals surface area contributed by atoms with Crippen LogP contribution in [0.4, 0.5) is 17.6 Å². The van der Waals surface area contributed by atoms with Gasteiger partial charge in [0.15, 0.2) is 0 Å².